The van der Waals surface area contributed by atoms with Crippen LogP contribution in [0.4, 0.5) is 5.69 Å². The van der Waals surface area contributed by atoms with E-state index >= 15 is 0 Å². The average molecular weight is 296 g/mol. The molecule has 110 valence electrons. The van der Waals surface area contributed by atoms with Gasteiger partial charge in [-0.2, -0.15) is 0 Å². The van der Waals surface area contributed by atoms with Crippen molar-refractivity contribution in [3.8, 4) is 0 Å². The van der Waals surface area contributed by atoms with Crippen LogP contribution in [0.15, 0.2) is 29.2 Å². The molecule has 0 spiro atoms. The van der Waals surface area contributed by atoms with Crippen molar-refractivity contribution in [1.82, 2.24) is 4.72 Å². The Hall–Kier alpha value is -1.40. The van der Waals surface area contributed by atoms with Crippen LogP contribution < -0.4 is 10.0 Å². The Bertz CT molecular complexity index is 592. The number of nitrogens with one attached hydrogen (secondary N) is 2. The Morgan fingerprint density at radius 3 is 2.65 bits per heavy atom. The molecule has 1 amide bonds. The molecule has 1 aliphatic rings. The number of hydrogen-bond acceptors (Lipinski definition) is 3. The molecule has 0 unspecified atom stereocenters. The minimum absolute atomic E-state index is 0.0687. The fourth-order valence-corrected chi connectivity index (χ4v) is 3.16. The summed E-state index contributed by atoms with van der Waals surface area (Å²) in [6, 6.07) is 6.41. The highest BCUT2D eigenvalue weighted by molar-refractivity contribution is 7.89. The highest BCUT2D eigenvalue weighted by Gasteiger charge is 2.28. The Balaban J connectivity index is 2.09. The van der Waals surface area contributed by atoms with Crippen molar-refractivity contribution in [2.45, 2.75) is 44.0 Å². The number of benzene rings is 1. The van der Waals surface area contributed by atoms with E-state index in [1.165, 1.54) is 12.1 Å². The number of sulfonamides is 1. The normalized spacial score (nSPS) is 15.3. The minimum Gasteiger partial charge on any atom is -0.326 e. The lowest BCUT2D eigenvalue weighted by Gasteiger charge is -2.10. The summed E-state index contributed by atoms with van der Waals surface area (Å²) >= 11 is 0. The Morgan fingerprint density at radius 1 is 1.35 bits per heavy atom. The van der Waals surface area contributed by atoms with Crippen molar-refractivity contribution in [1.29, 1.82) is 0 Å². The second-order valence-corrected chi connectivity index (χ2v) is 7.28. The third kappa shape index (κ3) is 4.31. The quantitative estimate of drug-likeness (QED) is 0.844. The van der Waals surface area contributed by atoms with Crippen LogP contribution in [0.5, 0.6) is 0 Å². The van der Waals surface area contributed by atoms with Gasteiger partial charge in [-0.3, -0.25) is 4.79 Å². The van der Waals surface area contributed by atoms with Crippen molar-refractivity contribution in [2.75, 3.05) is 5.32 Å². The molecule has 1 aliphatic carbocycles. The van der Waals surface area contributed by atoms with Gasteiger partial charge in [-0.15, -0.1) is 0 Å². The van der Waals surface area contributed by atoms with Gasteiger partial charge in [0.1, 0.15) is 0 Å². The van der Waals surface area contributed by atoms with Gasteiger partial charge in [0.05, 0.1) is 4.90 Å². The summed E-state index contributed by atoms with van der Waals surface area (Å²) in [7, 11) is -3.48. The molecular weight excluding hydrogens is 276 g/mol. The number of hydrogen-bond donors (Lipinski definition) is 2. The summed E-state index contributed by atoms with van der Waals surface area (Å²) in [5.74, 6) is 0.156. The largest absolute Gasteiger partial charge is 0.326 e. The fraction of sp³-hybridized carbons (Fsp3) is 0.500. The standard InChI is InChI=1S/C14H20N2O3S/c1-10(2)8-14(17)15-12-4-3-5-13(9-12)20(18,19)16-11-6-7-11/h3-5,9-11,16H,6-8H2,1-2H3,(H,15,17). The molecule has 2 N–H and O–H groups in total. The lowest BCUT2D eigenvalue weighted by molar-refractivity contribution is -0.116. The maximum Gasteiger partial charge on any atom is 0.240 e. The Morgan fingerprint density at radius 2 is 2.05 bits per heavy atom. The number of carbonyl (C=O) groups is 1. The predicted molar refractivity (Wildman–Crippen MR) is 77.9 cm³/mol. The van der Waals surface area contributed by atoms with Gasteiger partial charge in [-0.05, 0) is 37.0 Å². The molecule has 1 saturated carbocycles. The zero-order chi connectivity index (χ0) is 14.8. The molecule has 0 aliphatic heterocycles. The van der Waals surface area contributed by atoms with E-state index < -0.39 is 10.0 Å². The molecule has 0 atom stereocenters. The number of amides is 1. The number of carbonyl (C=O) groups excluding carboxylic acids is 1. The van der Waals surface area contributed by atoms with E-state index in [2.05, 4.69) is 10.0 Å². The van der Waals surface area contributed by atoms with Gasteiger partial charge < -0.3 is 5.32 Å². The van der Waals surface area contributed by atoms with E-state index in [0.717, 1.165) is 12.8 Å². The van der Waals surface area contributed by atoms with E-state index in [9.17, 15) is 13.2 Å². The predicted octanol–water partition coefficient (Wildman–Crippen LogP) is 2.11. The topological polar surface area (TPSA) is 75.3 Å². The molecule has 0 radical (unpaired) electrons. The van der Waals surface area contributed by atoms with Gasteiger partial charge in [-0.25, -0.2) is 13.1 Å². The van der Waals surface area contributed by atoms with E-state index in [-0.39, 0.29) is 22.8 Å². The van der Waals surface area contributed by atoms with E-state index in [0.29, 0.717) is 12.1 Å². The van der Waals surface area contributed by atoms with Crippen LogP contribution in [-0.4, -0.2) is 20.4 Å². The van der Waals surface area contributed by atoms with E-state index in [1.54, 1.807) is 12.1 Å². The molecule has 1 aromatic carbocycles. The average Bonchev–Trinajstić information content (AvgIpc) is 3.11. The second kappa shape index (κ2) is 5.93. The zero-order valence-corrected chi connectivity index (χ0v) is 12.5. The SMILES string of the molecule is CC(C)CC(=O)Nc1cccc(S(=O)(=O)NC2CC2)c1. The monoisotopic (exact) mass is 296 g/mol. The fourth-order valence-electron chi connectivity index (χ4n) is 1.81. The lowest BCUT2D eigenvalue weighted by Crippen LogP contribution is -2.25. The summed E-state index contributed by atoms with van der Waals surface area (Å²) in [6.45, 7) is 3.92. The Labute approximate surface area is 119 Å². The molecule has 0 bridgehead atoms. The summed E-state index contributed by atoms with van der Waals surface area (Å²) in [5, 5.41) is 2.72. The van der Waals surface area contributed by atoms with Crippen LogP contribution in [-0.2, 0) is 14.8 Å². The highest BCUT2D eigenvalue weighted by atomic mass is 32.2. The van der Waals surface area contributed by atoms with Crippen LogP contribution in [0.2, 0.25) is 0 Å². The van der Waals surface area contributed by atoms with Crippen LogP contribution in [0.3, 0.4) is 0 Å². The van der Waals surface area contributed by atoms with Crippen LogP contribution >= 0.6 is 0 Å². The van der Waals surface area contributed by atoms with Gasteiger partial charge in [0, 0.05) is 18.2 Å². The first-order chi connectivity index (χ1) is 9.37. The third-order valence-electron chi connectivity index (χ3n) is 2.92. The minimum atomic E-state index is -3.48. The van der Waals surface area contributed by atoms with Crippen molar-refractivity contribution in [3.63, 3.8) is 0 Å². The van der Waals surface area contributed by atoms with Crippen molar-refractivity contribution < 1.29 is 13.2 Å². The highest BCUT2D eigenvalue weighted by Crippen LogP contribution is 2.23. The summed E-state index contributed by atoms with van der Waals surface area (Å²) in [5.41, 5.74) is 0.509. The molecular formula is C14H20N2O3S. The van der Waals surface area contributed by atoms with Gasteiger partial charge >= 0.3 is 0 Å². The first-order valence-corrected chi connectivity index (χ1v) is 8.27. The van der Waals surface area contributed by atoms with Gasteiger partial charge in [0.25, 0.3) is 0 Å². The molecule has 1 fully saturated rings. The van der Waals surface area contributed by atoms with Gasteiger partial charge in [0.2, 0.25) is 15.9 Å². The first-order valence-electron chi connectivity index (χ1n) is 6.79. The molecule has 20 heavy (non-hydrogen) atoms. The smallest absolute Gasteiger partial charge is 0.240 e. The second-order valence-electron chi connectivity index (χ2n) is 5.57. The Kier molecular flexibility index (Phi) is 4.45. The molecule has 0 heterocycles. The number of anilines is 1. The lowest BCUT2D eigenvalue weighted by atomic mass is 10.1. The molecule has 0 saturated heterocycles. The van der Waals surface area contributed by atoms with Crippen molar-refractivity contribution in [2.24, 2.45) is 5.92 Å². The van der Waals surface area contributed by atoms with Crippen molar-refractivity contribution in [3.05, 3.63) is 24.3 Å². The van der Waals surface area contributed by atoms with Crippen molar-refractivity contribution >= 4 is 21.6 Å². The molecule has 1 aromatic rings. The van der Waals surface area contributed by atoms with E-state index in [4.69, 9.17) is 0 Å². The summed E-state index contributed by atoms with van der Waals surface area (Å²) in [4.78, 5) is 11.9. The summed E-state index contributed by atoms with van der Waals surface area (Å²) < 4.78 is 26.8. The molecule has 6 heteroatoms. The maximum absolute atomic E-state index is 12.1. The third-order valence-corrected chi connectivity index (χ3v) is 4.44. The van der Waals surface area contributed by atoms with E-state index in [1.807, 2.05) is 13.8 Å². The van der Waals surface area contributed by atoms with Crippen LogP contribution in [0, 0.1) is 5.92 Å². The van der Waals surface area contributed by atoms with Crippen LogP contribution in [0.1, 0.15) is 33.1 Å². The number of rotatable bonds is 6. The molecule has 0 aromatic heterocycles. The van der Waals surface area contributed by atoms with Gasteiger partial charge in [-0.1, -0.05) is 19.9 Å². The van der Waals surface area contributed by atoms with Gasteiger partial charge in [0.15, 0.2) is 0 Å². The first kappa shape index (κ1) is 15.0. The molecule has 2 rings (SSSR count). The maximum atomic E-state index is 12.1. The molecule has 5 nitrogen and oxygen atoms in total. The zero-order valence-electron chi connectivity index (χ0n) is 11.7. The summed E-state index contributed by atoms with van der Waals surface area (Å²) in [6.07, 6.45) is 2.20. The van der Waals surface area contributed by atoms with Crippen LogP contribution in [0.25, 0.3) is 0 Å².